The van der Waals surface area contributed by atoms with Crippen LogP contribution in [-0.2, 0) is 17.9 Å². The zero-order valence-corrected chi connectivity index (χ0v) is 8.00. The minimum Gasteiger partial charge on any atom is -0.374 e. The van der Waals surface area contributed by atoms with Crippen molar-refractivity contribution in [2.24, 2.45) is 0 Å². The summed E-state index contributed by atoms with van der Waals surface area (Å²) < 4.78 is 7.45. The Kier molecular flexibility index (Phi) is 3.29. The first-order chi connectivity index (χ1) is 5.79. The van der Waals surface area contributed by atoms with E-state index in [0.717, 1.165) is 19.0 Å². The van der Waals surface area contributed by atoms with Crippen molar-refractivity contribution in [1.29, 1.82) is 0 Å². The van der Waals surface area contributed by atoms with E-state index in [4.69, 9.17) is 4.74 Å². The molecule has 68 valence electrons. The van der Waals surface area contributed by atoms with E-state index in [9.17, 15) is 0 Å². The van der Waals surface area contributed by atoms with Gasteiger partial charge in [-0.15, -0.1) is 0 Å². The third kappa shape index (κ3) is 1.85. The summed E-state index contributed by atoms with van der Waals surface area (Å²) in [6.45, 7) is 8.50. The van der Waals surface area contributed by atoms with Crippen LogP contribution in [0.4, 0.5) is 0 Å². The van der Waals surface area contributed by atoms with Gasteiger partial charge in [0, 0.05) is 25.0 Å². The highest BCUT2D eigenvalue weighted by molar-refractivity contribution is 5.02. The lowest BCUT2D eigenvalue weighted by molar-refractivity contribution is 0.125. The van der Waals surface area contributed by atoms with Gasteiger partial charge in [-0.1, -0.05) is 0 Å². The summed E-state index contributed by atoms with van der Waals surface area (Å²) in [7, 11) is 0. The maximum absolute atomic E-state index is 5.29. The van der Waals surface area contributed by atoms with Crippen LogP contribution in [0.2, 0.25) is 0 Å². The number of ether oxygens (including phenoxy) is 1. The molecule has 0 atom stereocenters. The lowest BCUT2D eigenvalue weighted by Gasteiger charge is -2.06. The number of rotatable bonds is 4. The van der Waals surface area contributed by atoms with Gasteiger partial charge in [-0.2, -0.15) is 0 Å². The van der Waals surface area contributed by atoms with Crippen LogP contribution in [0.15, 0.2) is 6.20 Å². The van der Waals surface area contributed by atoms with Crippen LogP contribution in [0, 0.1) is 6.92 Å². The third-order valence-electron chi connectivity index (χ3n) is 1.89. The molecule has 0 aromatic carbocycles. The van der Waals surface area contributed by atoms with E-state index in [0.29, 0.717) is 6.61 Å². The molecule has 0 amide bonds. The normalized spacial score (nSPS) is 10.6. The second-order valence-corrected chi connectivity index (χ2v) is 2.70. The van der Waals surface area contributed by atoms with Gasteiger partial charge in [-0.05, 0) is 20.8 Å². The Morgan fingerprint density at radius 2 is 2.25 bits per heavy atom. The molecule has 0 aliphatic rings. The summed E-state index contributed by atoms with van der Waals surface area (Å²) in [5, 5.41) is 0. The van der Waals surface area contributed by atoms with Crippen molar-refractivity contribution in [1.82, 2.24) is 9.55 Å². The summed E-state index contributed by atoms with van der Waals surface area (Å²) in [5.74, 6) is 1.02. The molecule has 1 rings (SSSR count). The third-order valence-corrected chi connectivity index (χ3v) is 1.89. The predicted octanol–water partition coefficient (Wildman–Crippen LogP) is 1.75. The van der Waals surface area contributed by atoms with Crippen molar-refractivity contribution in [2.45, 2.75) is 33.9 Å². The van der Waals surface area contributed by atoms with Crippen LogP contribution in [0.3, 0.4) is 0 Å². The highest BCUT2D eigenvalue weighted by atomic mass is 16.5. The Balaban J connectivity index is 2.70. The molecule has 0 saturated heterocycles. The van der Waals surface area contributed by atoms with E-state index in [1.807, 2.05) is 13.1 Å². The van der Waals surface area contributed by atoms with Gasteiger partial charge in [0.15, 0.2) is 0 Å². The molecule has 0 fully saturated rings. The van der Waals surface area contributed by atoms with Crippen LogP contribution in [0.5, 0.6) is 0 Å². The summed E-state index contributed by atoms with van der Waals surface area (Å²) in [5.41, 5.74) is 1.20. The van der Waals surface area contributed by atoms with E-state index in [2.05, 4.69) is 23.4 Å². The van der Waals surface area contributed by atoms with Gasteiger partial charge < -0.3 is 9.30 Å². The molecule has 3 nitrogen and oxygen atoms in total. The van der Waals surface area contributed by atoms with Crippen molar-refractivity contribution in [3.05, 3.63) is 17.7 Å². The first kappa shape index (κ1) is 9.26. The molecule has 12 heavy (non-hydrogen) atoms. The molecule has 0 aliphatic heterocycles. The summed E-state index contributed by atoms with van der Waals surface area (Å²) >= 11 is 0. The van der Waals surface area contributed by atoms with Crippen LogP contribution >= 0.6 is 0 Å². The lowest BCUT2D eigenvalue weighted by Crippen LogP contribution is -2.05. The van der Waals surface area contributed by atoms with Crippen LogP contribution in [0.25, 0.3) is 0 Å². The number of hydrogen-bond acceptors (Lipinski definition) is 2. The largest absolute Gasteiger partial charge is 0.374 e. The Hall–Kier alpha value is -0.830. The van der Waals surface area contributed by atoms with Crippen LogP contribution in [-0.4, -0.2) is 16.2 Å². The summed E-state index contributed by atoms with van der Waals surface area (Å²) in [6, 6.07) is 0. The fourth-order valence-electron chi connectivity index (χ4n) is 1.25. The second kappa shape index (κ2) is 4.26. The molecule has 1 heterocycles. The first-order valence-electron chi connectivity index (χ1n) is 4.38. The van der Waals surface area contributed by atoms with Gasteiger partial charge in [-0.3, -0.25) is 0 Å². The zero-order valence-electron chi connectivity index (χ0n) is 8.00. The van der Waals surface area contributed by atoms with Gasteiger partial charge in [0.25, 0.3) is 0 Å². The van der Waals surface area contributed by atoms with Gasteiger partial charge in [0.05, 0.1) is 0 Å². The average molecular weight is 168 g/mol. The number of nitrogens with zero attached hydrogens (tertiary/aromatic N) is 2. The summed E-state index contributed by atoms with van der Waals surface area (Å²) in [4.78, 5) is 4.26. The van der Waals surface area contributed by atoms with E-state index in [-0.39, 0.29) is 0 Å². The van der Waals surface area contributed by atoms with Gasteiger partial charge in [0.1, 0.15) is 12.4 Å². The van der Waals surface area contributed by atoms with Gasteiger partial charge in [-0.25, -0.2) is 4.98 Å². The van der Waals surface area contributed by atoms with Crippen LogP contribution in [0.1, 0.15) is 25.4 Å². The number of aromatic nitrogens is 2. The highest BCUT2D eigenvalue weighted by Gasteiger charge is 2.03. The molecular weight excluding hydrogens is 152 g/mol. The van der Waals surface area contributed by atoms with Gasteiger partial charge >= 0.3 is 0 Å². The van der Waals surface area contributed by atoms with E-state index < -0.39 is 0 Å². The fourth-order valence-corrected chi connectivity index (χ4v) is 1.25. The molecule has 0 N–H and O–H groups in total. The topological polar surface area (TPSA) is 27.1 Å². The Morgan fingerprint density at radius 1 is 1.50 bits per heavy atom. The van der Waals surface area contributed by atoms with E-state index in [1.54, 1.807) is 0 Å². The molecule has 0 saturated carbocycles. The maximum atomic E-state index is 5.29. The fraction of sp³-hybridized carbons (Fsp3) is 0.667. The summed E-state index contributed by atoms with van der Waals surface area (Å²) in [6.07, 6.45) is 1.89. The van der Waals surface area contributed by atoms with Crippen molar-refractivity contribution in [2.75, 3.05) is 6.61 Å². The molecule has 0 radical (unpaired) electrons. The molecule has 0 aliphatic carbocycles. The first-order valence-corrected chi connectivity index (χ1v) is 4.38. The van der Waals surface area contributed by atoms with Gasteiger partial charge in [0.2, 0.25) is 0 Å². The van der Waals surface area contributed by atoms with Crippen molar-refractivity contribution in [3.63, 3.8) is 0 Å². The standard InChI is InChI=1S/C9H16N2O/c1-4-11-8(3)6-10-9(11)7-12-5-2/h6H,4-5,7H2,1-3H3. The Labute approximate surface area is 73.4 Å². The number of imidazole rings is 1. The molecule has 1 aromatic heterocycles. The average Bonchev–Trinajstić information content (AvgIpc) is 2.43. The van der Waals surface area contributed by atoms with Crippen molar-refractivity contribution >= 4 is 0 Å². The number of aryl methyl sites for hydroxylation is 1. The quantitative estimate of drug-likeness (QED) is 0.684. The molecule has 1 aromatic rings. The minimum absolute atomic E-state index is 0.623. The lowest BCUT2D eigenvalue weighted by atomic mass is 10.5. The van der Waals surface area contributed by atoms with E-state index in [1.165, 1.54) is 5.69 Å². The smallest absolute Gasteiger partial charge is 0.134 e. The molecule has 0 unspecified atom stereocenters. The van der Waals surface area contributed by atoms with Crippen molar-refractivity contribution < 1.29 is 4.74 Å². The van der Waals surface area contributed by atoms with Crippen molar-refractivity contribution in [3.8, 4) is 0 Å². The monoisotopic (exact) mass is 168 g/mol. The minimum atomic E-state index is 0.623. The Bertz CT molecular complexity index is 243. The Morgan fingerprint density at radius 3 is 2.83 bits per heavy atom. The molecule has 0 spiro atoms. The second-order valence-electron chi connectivity index (χ2n) is 2.70. The SMILES string of the molecule is CCOCc1ncc(C)n1CC. The molecule has 0 bridgehead atoms. The molecule has 3 heteroatoms. The van der Waals surface area contributed by atoms with E-state index >= 15 is 0 Å². The maximum Gasteiger partial charge on any atom is 0.134 e. The predicted molar refractivity (Wildman–Crippen MR) is 48.0 cm³/mol. The number of hydrogen-bond donors (Lipinski definition) is 0. The van der Waals surface area contributed by atoms with Crippen LogP contribution < -0.4 is 0 Å². The zero-order chi connectivity index (χ0) is 8.97. The molecular formula is C9H16N2O. The highest BCUT2D eigenvalue weighted by Crippen LogP contribution is 2.04.